The first kappa shape index (κ1) is 25.7. The molecule has 1 saturated heterocycles. The van der Waals surface area contributed by atoms with Crippen LogP contribution in [-0.2, 0) is 27.2 Å². The summed E-state index contributed by atoms with van der Waals surface area (Å²) < 4.78 is 5.05. The van der Waals surface area contributed by atoms with E-state index in [1.54, 1.807) is 25.3 Å². The maximum absolute atomic E-state index is 12.8. The van der Waals surface area contributed by atoms with Crippen LogP contribution in [0.5, 0.6) is 0 Å². The van der Waals surface area contributed by atoms with Gasteiger partial charge in [0, 0.05) is 43.2 Å². The molecule has 0 spiro atoms. The molecule has 2 aromatic rings. The largest absolute Gasteiger partial charge is 0.383 e. The Morgan fingerprint density at radius 3 is 2.27 bits per heavy atom. The summed E-state index contributed by atoms with van der Waals surface area (Å²) in [6.45, 7) is 3.24. The summed E-state index contributed by atoms with van der Waals surface area (Å²) in [5.74, 6) is 0.683. The van der Waals surface area contributed by atoms with Crippen LogP contribution in [0.15, 0.2) is 42.5 Å². The number of benzene rings is 2. The van der Waals surface area contributed by atoms with Crippen molar-refractivity contribution in [2.75, 3.05) is 46.9 Å². The lowest BCUT2D eigenvalue weighted by Gasteiger charge is -2.32. The second-order valence-electron chi connectivity index (χ2n) is 8.72. The molecular weight excluding hydrogens is 459 g/mol. The fourth-order valence-electron chi connectivity index (χ4n) is 4.24. The molecule has 1 aliphatic heterocycles. The Morgan fingerprint density at radius 2 is 1.67 bits per heavy atom. The van der Waals surface area contributed by atoms with E-state index in [2.05, 4.69) is 24.3 Å². The lowest BCUT2D eigenvalue weighted by atomic mass is 9.88. The summed E-state index contributed by atoms with van der Waals surface area (Å²) >= 11 is 12.4. The number of rotatable bonds is 10. The van der Waals surface area contributed by atoms with Crippen molar-refractivity contribution in [3.8, 4) is 0 Å². The molecule has 5 nitrogen and oxygen atoms in total. The first-order valence-electron chi connectivity index (χ1n) is 11.4. The zero-order valence-electron chi connectivity index (χ0n) is 19.4. The molecule has 0 unspecified atom stereocenters. The summed E-state index contributed by atoms with van der Waals surface area (Å²) in [6, 6.07) is 13.7. The van der Waals surface area contributed by atoms with Gasteiger partial charge in [0.2, 0.25) is 5.91 Å². The topological polar surface area (TPSA) is 49.9 Å². The van der Waals surface area contributed by atoms with Gasteiger partial charge in [0.25, 0.3) is 0 Å². The highest BCUT2D eigenvalue weighted by molar-refractivity contribution is 6.36. The normalized spacial score (nSPS) is 14.6. The minimum Gasteiger partial charge on any atom is -0.383 e. The third-order valence-corrected chi connectivity index (χ3v) is 6.92. The third-order valence-electron chi connectivity index (χ3n) is 6.21. The predicted molar refractivity (Wildman–Crippen MR) is 133 cm³/mol. The molecule has 7 heteroatoms. The molecule has 0 aliphatic carbocycles. The van der Waals surface area contributed by atoms with Gasteiger partial charge in [-0.3, -0.25) is 14.5 Å². The highest BCUT2D eigenvalue weighted by atomic mass is 35.5. The molecule has 1 aliphatic rings. The smallest absolute Gasteiger partial charge is 0.227 e. The number of ether oxygens (including phenoxy) is 1. The predicted octanol–water partition coefficient (Wildman–Crippen LogP) is 4.63. The van der Waals surface area contributed by atoms with Gasteiger partial charge in [-0.05, 0) is 54.6 Å². The Kier molecular flexibility index (Phi) is 9.75. The summed E-state index contributed by atoms with van der Waals surface area (Å²) in [5.41, 5.74) is 3.00. The monoisotopic (exact) mass is 490 g/mol. The van der Waals surface area contributed by atoms with E-state index in [1.165, 1.54) is 5.56 Å². The van der Waals surface area contributed by atoms with E-state index < -0.39 is 0 Å². The molecule has 33 heavy (non-hydrogen) atoms. The van der Waals surface area contributed by atoms with Crippen molar-refractivity contribution in [1.29, 1.82) is 0 Å². The van der Waals surface area contributed by atoms with Crippen LogP contribution < -0.4 is 0 Å². The molecule has 0 bridgehead atoms. The van der Waals surface area contributed by atoms with Crippen LogP contribution in [0.25, 0.3) is 0 Å². The fourth-order valence-corrected chi connectivity index (χ4v) is 4.78. The Hall–Kier alpha value is -1.92. The Bertz CT molecular complexity index is 921. The maximum Gasteiger partial charge on any atom is 0.227 e. The van der Waals surface area contributed by atoms with Crippen LogP contribution in [0.3, 0.4) is 0 Å². The number of methoxy groups -OCH3 is 1. The summed E-state index contributed by atoms with van der Waals surface area (Å²) in [4.78, 5) is 29.0. The van der Waals surface area contributed by atoms with Crippen molar-refractivity contribution in [2.45, 2.75) is 31.6 Å². The van der Waals surface area contributed by atoms with Crippen molar-refractivity contribution in [1.82, 2.24) is 9.80 Å². The first-order valence-corrected chi connectivity index (χ1v) is 12.1. The summed E-state index contributed by atoms with van der Waals surface area (Å²) in [7, 11) is 3.59. The van der Waals surface area contributed by atoms with Crippen LogP contribution in [-0.4, -0.2) is 68.4 Å². The van der Waals surface area contributed by atoms with Crippen molar-refractivity contribution < 1.29 is 14.3 Å². The van der Waals surface area contributed by atoms with Gasteiger partial charge in [-0.15, -0.1) is 0 Å². The number of carbonyl (C=O) groups excluding carboxylic acids is 2. The number of halogens is 2. The molecule has 0 aromatic heterocycles. The average molecular weight is 491 g/mol. The van der Waals surface area contributed by atoms with Crippen LogP contribution in [0.4, 0.5) is 0 Å². The van der Waals surface area contributed by atoms with Crippen molar-refractivity contribution >= 4 is 34.9 Å². The zero-order valence-corrected chi connectivity index (χ0v) is 20.9. The second-order valence-corrected chi connectivity index (χ2v) is 9.53. The molecule has 1 amide bonds. The molecule has 0 radical (unpaired) electrons. The van der Waals surface area contributed by atoms with Crippen LogP contribution >= 0.6 is 23.2 Å². The Labute approximate surface area is 206 Å². The lowest BCUT2D eigenvalue weighted by molar-refractivity contribution is -0.131. The van der Waals surface area contributed by atoms with Crippen molar-refractivity contribution in [3.05, 3.63) is 69.2 Å². The second kappa shape index (κ2) is 12.5. The van der Waals surface area contributed by atoms with Gasteiger partial charge in [-0.25, -0.2) is 0 Å². The number of piperidine rings is 1. The number of likely N-dealkylation sites (tertiary alicyclic amines) is 1. The van der Waals surface area contributed by atoms with E-state index in [4.69, 9.17) is 27.9 Å². The molecule has 0 N–H and O–H groups in total. The lowest BCUT2D eigenvalue weighted by Crippen LogP contribution is -2.38. The molecular formula is C26H32Cl2N2O3. The maximum atomic E-state index is 12.8. The van der Waals surface area contributed by atoms with Gasteiger partial charge >= 0.3 is 0 Å². The number of carbonyl (C=O) groups is 2. The SMILES string of the molecule is COCCN(C)CC(=O)Cc1ccc(C2CCN(C(=O)Cc3c(Cl)cccc3Cl)CC2)cc1. The minimum atomic E-state index is 0.0628. The number of Topliss-reactive ketones (excluding diaryl/α,β-unsaturated/α-hetero) is 1. The van der Waals surface area contributed by atoms with E-state index in [0.29, 0.717) is 41.1 Å². The van der Waals surface area contributed by atoms with E-state index in [-0.39, 0.29) is 18.1 Å². The van der Waals surface area contributed by atoms with Gasteiger partial charge in [0.15, 0.2) is 5.78 Å². The van der Waals surface area contributed by atoms with E-state index in [9.17, 15) is 9.59 Å². The highest BCUT2D eigenvalue weighted by Gasteiger charge is 2.25. The fraction of sp³-hybridized carbons (Fsp3) is 0.462. The van der Waals surface area contributed by atoms with E-state index in [0.717, 1.165) is 38.0 Å². The van der Waals surface area contributed by atoms with E-state index >= 15 is 0 Å². The van der Waals surface area contributed by atoms with Crippen molar-refractivity contribution in [3.63, 3.8) is 0 Å². The molecule has 2 aromatic carbocycles. The molecule has 0 atom stereocenters. The molecule has 1 heterocycles. The van der Waals surface area contributed by atoms with Gasteiger partial charge < -0.3 is 9.64 Å². The standard InChI is InChI=1S/C26H32Cl2N2O3/c1-29(14-15-33-2)18-22(31)16-19-6-8-20(9-7-19)21-10-12-30(13-11-21)26(32)17-23-24(27)4-3-5-25(23)28/h3-9,21H,10-18H2,1-2H3. The number of hydrogen-bond acceptors (Lipinski definition) is 4. The molecule has 0 saturated carbocycles. The Balaban J connectivity index is 1.47. The molecule has 3 rings (SSSR count). The van der Waals surface area contributed by atoms with Gasteiger partial charge in [-0.2, -0.15) is 0 Å². The number of ketones is 1. The van der Waals surface area contributed by atoms with Crippen molar-refractivity contribution in [2.24, 2.45) is 0 Å². The Morgan fingerprint density at radius 1 is 1.03 bits per heavy atom. The van der Waals surface area contributed by atoms with E-state index in [1.807, 2.05) is 16.8 Å². The zero-order chi connectivity index (χ0) is 23.8. The third kappa shape index (κ3) is 7.54. The number of amides is 1. The van der Waals surface area contributed by atoms with Gasteiger partial charge in [0.05, 0.1) is 19.6 Å². The summed E-state index contributed by atoms with van der Waals surface area (Å²) in [5, 5.41) is 1.07. The number of likely N-dealkylation sites (N-methyl/N-ethyl adjacent to an activating group) is 1. The van der Waals surface area contributed by atoms with Crippen LogP contribution in [0.1, 0.15) is 35.4 Å². The van der Waals surface area contributed by atoms with Gasteiger partial charge in [0.1, 0.15) is 0 Å². The first-order chi connectivity index (χ1) is 15.9. The summed E-state index contributed by atoms with van der Waals surface area (Å²) in [6.07, 6.45) is 2.51. The highest BCUT2D eigenvalue weighted by Crippen LogP contribution is 2.30. The molecule has 1 fully saturated rings. The average Bonchev–Trinajstić information content (AvgIpc) is 2.80. The van der Waals surface area contributed by atoms with Crippen LogP contribution in [0, 0.1) is 0 Å². The minimum absolute atomic E-state index is 0.0628. The van der Waals surface area contributed by atoms with Gasteiger partial charge in [-0.1, -0.05) is 53.5 Å². The molecule has 178 valence electrons. The van der Waals surface area contributed by atoms with Crippen LogP contribution in [0.2, 0.25) is 10.0 Å². The number of nitrogens with zero attached hydrogens (tertiary/aromatic N) is 2. The number of hydrogen-bond donors (Lipinski definition) is 0. The quantitative estimate of drug-likeness (QED) is 0.486.